The topological polar surface area (TPSA) is 103 Å². The van der Waals surface area contributed by atoms with Crippen LogP contribution in [-0.2, 0) is 4.74 Å². The molecule has 0 aromatic carbocycles. The smallest absolute Gasteiger partial charge is 0.250 e. The second-order valence-corrected chi connectivity index (χ2v) is 3.86. The summed E-state index contributed by atoms with van der Waals surface area (Å²) in [5.41, 5.74) is -0.676. The molecular weight excluding hydrogens is 233 g/mol. The van der Waals surface area contributed by atoms with E-state index in [0.29, 0.717) is 0 Å². The Hall–Kier alpha value is -1.28. The van der Waals surface area contributed by atoms with E-state index < -0.39 is 42.4 Å². The molecule has 1 aliphatic heterocycles. The summed E-state index contributed by atoms with van der Waals surface area (Å²) in [7, 11) is 0. The second kappa shape index (κ2) is 4.53. The van der Waals surface area contributed by atoms with Crippen molar-refractivity contribution in [2.24, 2.45) is 0 Å². The van der Waals surface area contributed by atoms with Gasteiger partial charge in [-0.2, -0.15) is 0 Å². The number of hydrogen-bond donors (Lipinski definition) is 4. The molecule has 0 saturated carbocycles. The predicted molar refractivity (Wildman–Crippen MR) is 53.7 cm³/mol. The van der Waals surface area contributed by atoms with Gasteiger partial charge in [0.2, 0.25) is 0 Å². The molecule has 0 spiro atoms. The molecule has 7 heteroatoms. The third-order valence-corrected chi connectivity index (χ3v) is 2.75. The minimum atomic E-state index is -1.35. The Morgan fingerprint density at radius 2 is 2.12 bits per heavy atom. The van der Waals surface area contributed by atoms with Crippen LogP contribution in [0.25, 0.3) is 0 Å². The Morgan fingerprint density at radius 3 is 2.65 bits per heavy atom. The Labute approximate surface area is 95.3 Å². The lowest BCUT2D eigenvalue weighted by molar-refractivity contribution is -0.0237. The third-order valence-electron chi connectivity index (χ3n) is 2.75. The van der Waals surface area contributed by atoms with Crippen LogP contribution in [0.15, 0.2) is 17.1 Å². The van der Waals surface area contributed by atoms with Gasteiger partial charge in [-0.15, -0.1) is 0 Å². The summed E-state index contributed by atoms with van der Waals surface area (Å²) < 4.78 is 18.6. The van der Waals surface area contributed by atoms with Gasteiger partial charge in [-0.1, -0.05) is 0 Å². The number of rotatable bonds is 2. The number of ether oxygens (including phenoxy) is 1. The minimum absolute atomic E-state index is 0.0629. The van der Waals surface area contributed by atoms with E-state index in [1.807, 2.05) is 0 Å². The highest BCUT2D eigenvalue weighted by Crippen LogP contribution is 2.33. The summed E-state index contributed by atoms with van der Waals surface area (Å²) >= 11 is 0. The highest BCUT2D eigenvalue weighted by atomic mass is 19.1. The van der Waals surface area contributed by atoms with Crippen molar-refractivity contribution in [2.75, 3.05) is 6.61 Å². The van der Waals surface area contributed by atoms with Crippen LogP contribution in [0.2, 0.25) is 0 Å². The van der Waals surface area contributed by atoms with E-state index in [2.05, 4.69) is 4.98 Å². The number of aliphatic hydroxyl groups is 3. The van der Waals surface area contributed by atoms with Crippen molar-refractivity contribution >= 4 is 0 Å². The van der Waals surface area contributed by atoms with E-state index in [0.717, 1.165) is 12.3 Å². The van der Waals surface area contributed by atoms with Crippen LogP contribution >= 0.6 is 0 Å². The number of nitrogens with one attached hydrogen (secondary N) is 1. The molecule has 17 heavy (non-hydrogen) atoms. The van der Waals surface area contributed by atoms with Crippen LogP contribution in [0.3, 0.4) is 0 Å². The van der Waals surface area contributed by atoms with Gasteiger partial charge in [-0.05, 0) is 0 Å². The first-order valence-electron chi connectivity index (χ1n) is 5.05. The summed E-state index contributed by atoms with van der Waals surface area (Å²) in [4.78, 5) is 13.1. The monoisotopic (exact) mass is 245 g/mol. The van der Waals surface area contributed by atoms with Crippen LogP contribution in [-0.4, -0.2) is 45.2 Å². The van der Waals surface area contributed by atoms with Gasteiger partial charge in [0.1, 0.15) is 30.2 Å². The summed E-state index contributed by atoms with van der Waals surface area (Å²) in [6.07, 6.45) is -3.65. The quantitative estimate of drug-likeness (QED) is 0.517. The fourth-order valence-corrected chi connectivity index (χ4v) is 1.83. The second-order valence-electron chi connectivity index (χ2n) is 3.86. The predicted octanol–water partition coefficient (Wildman–Crippen LogP) is -1.33. The Morgan fingerprint density at radius 1 is 1.41 bits per heavy atom. The van der Waals surface area contributed by atoms with Crippen molar-refractivity contribution in [3.05, 3.63) is 34.0 Å². The summed E-state index contributed by atoms with van der Waals surface area (Å²) in [5.74, 6) is -0.830. The lowest BCUT2D eigenvalue weighted by atomic mass is 10.0. The van der Waals surface area contributed by atoms with Crippen LogP contribution < -0.4 is 5.56 Å². The molecule has 1 saturated heterocycles. The fourth-order valence-electron chi connectivity index (χ4n) is 1.83. The molecule has 2 heterocycles. The highest BCUT2D eigenvalue weighted by molar-refractivity contribution is 5.19. The van der Waals surface area contributed by atoms with E-state index >= 15 is 0 Å². The van der Waals surface area contributed by atoms with E-state index in [-0.39, 0.29) is 5.56 Å². The largest absolute Gasteiger partial charge is 0.394 e. The molecule has 6 nitrogen and oxygen atoms in total. The van der Waals surface area contributed by atoms with Crippen molar-refractivity contribution in [1.82, 2.24) is 4.98 Å². The molecule has 0 amide bonds. The molecule has 1 aromatic rings. The Bertz CT molecular complexity index is 462. The molecule has 0 radical (unpaired) electrons. The molecule has 2 rings (SSSR count). The van der Waals surface area contributed by atoms with Gasteiger partial charge in [0.25, 0.3) is 5.56 Å². The zero-order valence-electron chi connectivity index (χ0n) is 8.71. The first kappa shape index (κ1) is 12.2. The summed E-state index contributed by atoms with van der Waals surface area (Å²) in [6.45, 7) is -0.486. The minimum Gasteiger partial charge on any atom is -0.394 e. The van der Waals surface area contributed by atoms with Gasteiger partial charge in [-0.3, -0.25) is 4.79 Å². The van der Waals surface area contributed by atoms with Gasteiger partial charge in [0.05, 0.1) is 6.61 Å². The molecule has 1 aliphatic rings. The van der Waals surface area contributed by atoms with E-state index in [4.69, 9.17) is 9.84 Å². The molecule has 1 aromatic heterocycles. The number of H-pyrrole nitrogens is 1. The van der Waals surface area contributed by atoms with Crippen LogP contribution in [0.4, 0.5) is 4.39 Å². The number of aromatic nitrogens is 1. The van der Waals surface area contributed by atoms with Crippen LogP contribution in [0, 0.1) is 5.82 Å². The average Bonchev–Trinajstić information content (AvgIpc) is 2.57. The van der Waals surface area contributed by atoms with Crippen molar-refractivity contribution < 1.29 is 24.4 Å². The van der Waals surface area contributed by atoms with Crippen molar-refractivity contribution in [3.63, 3.8) is 0 Å². The van der Waals surface area contributed by atoms with Crippen LogP contribution in [0.5, 0.6) is 0 Å². The highest BCUT2D eigenvalue weighted by Gasteiger charge is 2.44. The van der Waals surface area contributed by atoms with Gasteiger partial charge >= 0.3 is 0 Å². The SMILES string of the molecule is O=c1cc(F)c(C2OC(CO)C(O)C2O)c[nH]1. The zero-order valence-corrected chi connectivity index (χ0v) is 8.71. The molecule has 94 valence electrons. The van der Waals surface area contributed by atoms with E-state index in [9.17, 15) is 19.4 Å². The molecular formula is C10H12FNO5. The Kier molecular flexibility index (Phi) is 3.25. The van der Waals surface area contributed by atoms with E-state index in [1.54, 1.807) is 0 Å². The lowest BCUT2D eigenvalue weighted by Crippen LogP contribution is -2.32. The molecule has 0 aliphatic carbocycles. The maximum atomic E-state index is 13.5. The maximum Gasteiger partial charge on any atom is 0.250 e. The van der Waals surface area contributed by atoms with Crippen molar-refractivity contribution in [3.8, 4) is 0 Å². The molecule has 4 N–H and O–H groups in total. The van der Waals surface area contributed by atoms with Crippen molar-refractivity contribution in [1.29, 1.82) is 0 Å². The number of pyridine rings is 1. The average molecular weight is 245 g/mol. The van der Waals surface area contributed by atoms with Gasteiger partial charge < -0.3 is 25.0 Å². The van der Waals surface area contributed by atoms with E-state index in [1.165, 1.54) is 0 Å². The number of halogens is 1. The number of aromatic amines is 1. The molecule has 4 atom stereocenters. The molecule has 4 unspecified atom stereocenters. The third kappa shape index (κ3) is 2.09. The van der Waals surface area contributed by atoms with Crippen LogP contribution in [0.1, 0.15) is 11.7 Å². The summed E-state index contributed by atoms with van der Waals surface area (Å²) in [6, 6.07) is 0.726. The standard InChI is InChI=1S/C10H12FNO5/c11-5-1-7(14)12-2-4(5)10-9(16)8(15)6(3-13)17-10/h1-2,6,8-10,13,15-16H,3H2,(H,12,14). The first-order chi connectivity index (χ1) is 8.04. The number of hydrogen-bond acceptors (Lipinski definition) is 5. The normalized spacial score (nSPS) is 32.9. The van der Waals surface area contributed by atoms with Crippen molar-refractivity contribution in [2.45, 2.75) is 24.4 Å². The molecule has 1 fully saturated rings. The summed E-state index contributed by atoms with van der Waals surface area (Å²) in [5, 5.41) is 28.1. The fraction of sp³-hybridized carbons (Fsp3) is 0.500. The van der Waals surface area contributed by atoms with Gasteiger partial charge in [-0.25, -0.2) is 4.39 Å². The molecule has 0 bridgehead atoms. The zero-order chi connectivity index (χ0) is 12.6. The van der Waals surface area contributed by atoms with Gasteiger partial charge in [0.15, 0.2) is 0 Å². The Balaban J connectivity index is 2.32. The number of aliphatic hydroxyl groups excluding tert-OH is 3. The first-order valence-corrected chi connectivity index (χ1v) is 5.05. The maximum absolute atomic E-state index is 13.5. The van der Waals surface area contributed by atoms with Gasteiger partial charge in [0, 0.05) is 17.8 Å². The lowest BCUT2D eigenvalue weighted by Gasteiger charge is -2.15.